The summed E-state index contributed by atoms with van der Waals surface area (Å²) in [6, 6.07) is 9.65. The Bertz CT molecular complexity index is 1050. The van der Waals surface area contributed by atoms with Crippen LogP contribution in [0.25, 0.3) is 11.3 Å². The number of alkyl halides is 3. The zero-order valence-electron chi connectivity index (χ0n) is 18.1. The highest BCUT2D eigenvalue weighted by Gasteiger charge is 2.31. The van der Waals surface area contributed by atoms with Gasteiger partial charge in [0.2, 0.25) is 0 Å². The van der Waals surface area contributed by atoms with Crippen molar-refractivity contribution in [2.45, 2.75) is 42.9 Å². The number of sulfone groups is 1. The van der Waals surface area contributed by atoms with Crippen LogP contribution in [0.2, 0.25) is 0 Å². The third-order valence-corrected chi connectivity index (χ3v) is 6.84. The van der Waals surface area contributed by atoms with Gasteiger partial charge < -0.3 is 14.8 Å². The highest BCUT2D eigenvalue weighted by Crippen LogP contribution is 2.25. The molecule has 2 aromatic rings. The van der Waals surface area contributed by atoms with Crippen molar-refractivity contribution in [3.8, 4) is 11.3 Å². The van der Waals surface area contributed by atoms with Gasteiger partial charge >= 0.3 is 6.18 Å². The largest absolute Gasteiger partial charge is 0.530 e. The molecular formula is C22H25F3N3O4S-. The summed E-state index contributed by atoms with van der Waals surface area (Å²) in [6.07, 6.45) is -2.91. The third kappa shape index (κ3) is 7.16. The number of carbonyl (C=O) groups is 1. The van der Waals surface area contributed by atoms with Crippen LogP contribution in [0.1, 0.15) is 24.8 Å². The molecule has 7 nitrogen and oxygen atoms in total. The minimum Gasteiger partial charge on any atom is -0.530 e. The molecule has 1 aliphatic rings. The molecule has 1 saturated heterocycles. The first kappa shape index (κ1) is 25.0. The molecule has 33 heavy (non-hydrogen) atoms. The number of hydrogen-bond donors (Lipinski definition) is 0. The van der Waals surface area contributed by atoms with E-state index in [1.807, 2.05) is 0 Å². The summed E-state index contributed by atoms with van der Waals surface area (Å²) >= 11 is 0. The van der Waals surface area contributed by atoms with Crippen LogP contribution >= 0.6 is 0 Å². The molecule has 1 aliphatic heterocycles. The van der Waals surface area contributed by atoms with Gasteiger partial charge in [0.05, 0.1) is 17.0 Å². The van der Waals surface area contributed by atoms with E-state index in [1.165, 1.54) is 17.0 Å². The van der Waals surface area contributed by atoms with E-state index >= 15 is 0 Å². The van der Waals surface area contributed by atoms with E-state index < -0.39 is 28.5 Å². The fourth-order valence-electron chi connectivity index (χ4n) is 3.87. The number of hydrogen-bond acceptors (Lipinski definition) is 6. The molecule has 1 aromatic carbocycles. The first-order valence-corrected chi connectivity index (χ1v) is 12.3. The lowest BCUT2D eigenvalue weighted by molar-refractivity contribution is -0.266. The summed E-state index contributed by atoms with van der Waals surface area (Å²) in [5.41, 5.74) is 2.07. The zero-order chi connectivity index (χ0) is 24.2. The van der Waals surface area contributed by atoms with Gasteiger partial charge in [-0.3, -0.25) is 9.88 Å². The Kier molecular flexibility index (Phi) is 7.63. The van der Waals surface area contributed by atoms with Gasteiger partial charge in [0.25, 0.3) is 0 Å². The predicted molar refractivity (Wildman–Crippen MR) is 114 cm³/mol. The fraction of sp³-hybridized carbons (Fsp3) is 0.455. The molecule has 1 amide bonds. The number of piperidine rings is 1. The quantitative estimate of drug-likeness (QED) is 0.600. The monoisotopic (exact) mass is 484 g/mol. The van der Waals surface area contributed by atoms with Crippen molar-refractivity contribution in [2.24, 2.45) is 0 Å². The normalized spacial score (nSPS) is 15.7. The molecule has 0 N–H and O–H groups in total. The molecule has 0 radical (unpaired) electrons. The SMILES string of the molecule is CS(=O)(=O)c1ccc(-c2ccc(CN(CCC(F)(F)F)C3CCN(C(=O)[O-])CC3)cn2)cc1. The van der Waals surface area contributed by atoms with Gasteiger partial charge in [-0.15, -0.1) is 0 Å². The van der Waals surface area contributed by atoms with Crippen molar-refractivity contribution in [1.82, 2.24) is 14.8 Å². The standard InChI is InChI=1S/C22H26F3N3O4S/c1-33(31,32)19-5-3-17(4-6-19)20-7-2-16(14-26-20)15-28(13-10-22(23,24)25)18-8-11-27(12-9-18)21(29)30/h2-7,14,18H,8-13,15H2,1H3,(H,29,30)/p-1. The van der Waals surface area contributed by atoms with Crippen molar-refractivity contribution in [1.29, 1.82) is 0 Å². The highest BCUT2D eigenvalue weighted by molar-refractivity contribution is 7.90. The van der Waals surface area contributed by atoms with Crippen LogP contribution < -0.4 is 5.11 Å². The van der Waals surface area contributed by atoms with Gasteiger partial charge in [0, 0.05) is 50.2 Å². The Morgan fingerprint density at radius 3 is 2.27 bits per heavy atom. The van der Waals surface area contributed by atoms with Gasteiger partial charge in [-0.25, -0.2) is 8.42 Å². The van der Waals surface area contributed by atoms with Gasteiger partial charge in [-0.2, -0.15) is 13.2 Å². The molecule has 0 unspecified atom stereocenters. The van der Waals surface area contributed by atoms with Crippen molar-refractivity contribution in [3.63, 3.8) is 0 Å². The molecule has 180 valence electrons. The second-order valence-corrected chi connectivity index (χ2v) is 10.2. The number of carboxylic acid groups (broad SMARTS) is 1. The average Bonchev–Trinajstić information content (AvgIpc) is 2.76. The number of carbonyl (C=O) groups excluding carboxylic acids is 1. The molecule has 0 spiro atoms. The van der Waals surface area contributed by atoms with Crippen LogP contribution in [0.5, 0.6) is 0 Å². The Hall–Kier alpha value is -2.66. The highest BCUT2D eigenvalue weighted by atomic mass is 32.2. The van der Waals surface area contributed by atoms with E-state index in [1.54, 1.807) is 35.4 Å². The van der Waals surface area contributed by atoms with Gasteiger partial charge in [0.15, 0.2) is 9.84 Å². The molecular weight excluding hydrogens is 459 g/mol. The lowest BCUT2D eigenvalue weighted by atomic mass is 10.0. The molecule has 1 fully saturated rings. The third-order valence-electron chi connectivity index (χ3n) is 5.71. The van der Waals surface area contributed by atoms with Crippen LogP contribution in [0.4, 0.5) is 18.0 Å². The lowest BCUT2D eigenvalue weighted by Crippen LogP contribution is -2.50. The molecule has 0 aliphatic carbocycles. The summed E-state index contributed by atoms with van der Waals surface area (Å²) in [5.74, 6) is 0. The number of halogens is 3. The predicted octanol–water partition coefficient (Wildman–Crippen LogP) is 2.71. The average molecular weight is 485 g/mol. The molecule has 3 rings (SSSR count). The summed E-state index contributed by atoms with van der Waals surface area (Å²) in [7, 11) is -3.30. The van der Waals surface area contributed by atoms with Gasteiger partial charge in [0.1, 0.15) is 6.09 Å². The minimum atomic E-state index is -4.29. The van der Waals surface area contributed by atoms with Crippen LogP contribution in [-0.4, -0.2) is 67.4 Å². The second-order valence-electron chi connectivity index (χ2n) is 8.17. The van der Waals surface area contributed by atoms with E-state index in [4.69, 9.17) is 0 Å². The Balaban J connectivity index is 1.71. The van der Waals surface area contributed by atoms with Crippen molar-refractivity contribution < 1.29 is 31.5 Å². The van der Waals surface area contributed by atoms with Crippen molar-refractivity contribution >= 4 is 15.9 Å². The van der Waals surface area contributed by atoms with Crippen LogP contribution in [0, 0.1) is 0 Å². The van der Waals surface area contributed by atoms with Gasteiger partial charge in [-0.1, -0.05) is 18.2 Å². The number of nitrogens with zero attached hydrogens (tertiary/aromatic N) is 3. The summed E-state index contributed by atoms with van der Waals surface area (Å²) in [6.45, 7) is 0.535. The van der Waals surface area contributed by atoms with Gasteiger partial charge in [-0.05, 0) is 36.6 Å². The van der Waals surface area contributed by atoms with E-state index in [-0.39, 0.29) is 37.1 Å². The van der Waals surface area contributed by atoms with E-state index in [0.29, 0.717) is 18.5 Å². The lowest BCUT2D eigenvalue weighted by Gasteiger charge is -2.39. The smallest absolute Gasteiger partial charge is 0.390 e. The molecule has 0 bridgehead atoms. The minimum absolute atomic E-state index is 0.175. The number of rotatable bonds is 7. The van der Waals surface area contributed by atoms with E-state index in [2.05, 4.69) is 4.98 Å². The number of likely N-dealkylation sites (tertiary alicyclic amines) is 1. The number of pyridine rings is 1. The summed E-state index contributed by atoms with van der Waals surface area (Å²) in [4.78, 5) is 18.5. The topological polar surface area (TPSA) is 93.6 Å². The molecule has 2 heterocycles. The molecule has 0 saturated carbocycles. The first-order valence-electron chi connectivity index (χ1n) is 10.4. The number of amides is 1. The van der Waals surface area contributed by atoms with Crippen LogP contribution in [0.15, 0.2) is 47.5 Å². The van der Waals surface area contributed by atoms with Crippen LogP contribution in [0.3, 0.4) is 0 Å². The Morgan fingerprint density at radius 1 is 1.15 bits per heavy atom. The number of aromatic nitrogens is 1. The molecule has 11 heteroatoms. The fourth-order valence-corrected chi connectivity index (χ4v) is 4.50. The Labute approximate surface area is 190 Å². The maximum absolute atomic E-state index is 12.9. The summed E-state index contributed by atoms with van der Waals surface area (Å²) < 4.78 is 61.8. The van der Waals surface area contributed by atoms with Crippen molar-refractivity contribution in [2.75, 3.05) is 25.9 Å². The number of benzene rings is 1. The zero-order valence-corrected chi connectivity index (χ0v) is 18.9. The van der Waals surface area contributed by atoms with E-state index in [9.17, 15) is 31.5 Å². The second kappa shape index (κ2) is 10.1. The van der Waals surface area contributed by atoms with Crippen LogP contribution in [-0.2, 0) is 16.4 Å². The molecule has 1 aromatic heterocycles. The summed E-state index contributed by atoms with van der Waals surface area (Å²) in [5, 5.41) is 11.0. The van der Waals surface area contributed by atoms with Crippen molar-refractivity contribution in [3.05, 3.63) is 48.2 Å². The maximum Gasteiger partial charge on any atom is 0.390 e. The molecule has 0 atom stereocenters. The Morgan fingerprint density at radius 2 is 1.79 bits per heavy atom. The van der Waals surface area contributed by atoms with E-state index in [0.717, 1.165) is 17.4 Å². The first-order chi connectivity index (χ1) is 15.4. The maximum atomic E-state index is 12.9.